The fourth-order valence-corrected chi connectivity index (χ4v) is 3.50. The van der Waals surface area contributed by atoms with Gasteiger partial charge in [-0.1, -0.05) is 12.1 Å². The highest BCUT2D eigenvalue weighted by molar-refractivity contribution is 7.89. The summed E-state index contributed by atoms with van der Waals surface area (Å²) < 4.78 is 25.3. The van der Waals surface area contributed by atoms with E-state index in [2.05, 4.69) is 11.9 Å². The Hall–Kier alpha value is -0.950. The van der Waals surface area contributed by atoms with Gasteiger partial charge in [0.25, 0.3) is 0 Å². The van der Waals surface area contributed by atoms with Crippen LogP contribution in [0.1, 0.15) is 18.4 Å². The van der Waals surface area contributed by atoms with E-state index in [-0.39, 0.29) is 0 Å². The second-order valence-electron chi connectivity index (χ2n) is 5.99. The minimum atomic E-state index is -3.35. The average molecular weight is 311 g/mol. The molecule has 0 heterocycles. The van der Waals surface area contributed by atoms with Crippen LogP contribution < -0.4 is 5.73 Å². The number of likely N-dealkylation sites (N-methyl/N-ethyl adjacent to an activating group) is 1. The summed E-state index contributed by atoms with van der Waals surface area (Å²) in [5.41, 5.74) is 6.96. The number of nitrogens with zero attached hydrogens (tertiary/aromatic N) is 2. The van der Waals surface area contributed by atoms with E-state index in [1.54, 1.807) is 26.2 Å². The molecule has 5 nitrogen and oxygen atoms in total. The van der Waals surface area contributed by atoms with Gasteiger partial charge in [-0.25, -0.2) is 12.7 Å². The molecule has 0 spiro atoms. The molecule has 0 saturated heterocycles. The van der Waals surface area contributed by atoms with E-state index in [1.807, 2.05) is 12.1 Å². The third kappa shape index (κ3) is 3.83. The van der Waals surface area contributed by atoms with Gasteiger partial charge in [-0.05, 0) is 43.5 Å². The third-order valence-electron chi connectivity index (χ3n) is 4.11. The van der Waals surface area contributed by atoms with Gasteiger partial charge in [0, 0.05) is 33.2 Å². The largest absolute Gasteiger partial charge is 0.329 e. The van der Waals surface area contributed by atoms with E-state index in [0.717, 1.165) is 18.0 Å². The molecular formula is C15H25N3O2S. The molecule has 1 atom stereocenters. The van der Waals surface area contributed by atoms with Crippen LogP contribution in [-0.2, 0) is 16.6 Å². The number of benzene rings is 1. The van der Waals surface area contributed by atoms with Gasteiger partial charge in [-0.3, -0.25) is 4.90 Å². The first-order valence-electron chi connectivity index (χ1n) is 7.28. The molecule has 0 amide bonds. The summed E-state index contributed by atoms with van der Waals surface area (Å²) in [6, 6.07) is 7.54. The minimum absolute atomic E-state index is 0.330. The maximum Gasteiger partial charge on any atom is 0.242 e. The van der Waals surface area contributed by atoms with Crippen LogP contribution in [0.3, 0.4) is 0 Å². The average Bonchev–Trinajstić information content (AvgIpc) is 3.24. The maximum absolute atomic E-state index is 12.0. The highest BCUT2D eigenvalue weighted by Crippen LogP contribution is 2.34. The lowest BCUT2D eigenvalue weighted by Crippen LogP contribution is -2.39. The molecule has 0 bridgehead atoms. The van der Waals surface area contributed by atoms with Gasteiger partial charge >= 0.3 is 0 Å². The second-order valence-corrected chi connectivity index (χ2v) is 8.14. The summed E-state index contributed by atoms with van der Waals surface area (Å²) in [7, 11) is 1.82. The zero-order valence-corrected chi connectivity index (χ0v) is 13.8. The van der Waals surface area contributed by atoms with Crippen molar-refractivity contribution in [1.29, 1.82) is 0 Å². The van der Waals surface area contributed by atoms with Crippen molar-refractivity contribution in [1.82, 2.24) is 9.21 Å². The molecule has 1 aromatic carbocycles. The summed E-state index contributed by atoms with van der Waals surface area (Å²) >= 11 is 0. The van der Waals surface area contributed by atoms with Crippen LogP contribution in [0.25, 0.3) is 0 Å². The smallest absolute Gasteiger partial charge is 0.242 e. The highest BCUT2D eigenvalue weighted by atomic mass is 32.2. The van der Waals surface area contributed by atoms with Crippen molar-refractivity contribution in [2.45, 2.75) is 30.3 Å². The first kappa shape index (κ1) is 16.4. The molecule has 1 fully saturated rings. The molecule has 0 aromatic heterocycles. The van der Waals surface area contributed by atoms with Crippen LogP contribution in [0.5, 0.6) is 0 Å². The third-order valence-corrected chi connectivity index (χ3v) is 5.94. The highest BCUT2D eigenvalue weighted by Gasteiger charge is 2.32. The predicted molar refractivity (Wildman–Crippen MR) is 84.3 cm³/mol. The summed E-state index contributed by atoms with van der Waals surface area (Å²) in [4.78, 5) is 2.60. The Morgan fingerprint density at radius 2 is 1.76 bits per heavy atom. The number of nitrogens with two attached hydrogens (primary N) is 1. The van der Waals surface area contributed by atoms with Crippen molar-refractivity contribution in [2.24, 2.45) is 11.7 Å². The lowest BCUT2D eigenvalue weighted by Gasteiger charge is -2.27. The predicted octanol–water partition coefficient (Wildman–Crippen LogP) is 1.11. The summed E-state index contributed by atoms with van der Waals surface area (Å²) in [5, 5.41) is 0. The quantitative estimate of drug-likeness (QED) is 0.819. The SMILES string of the molecule is CN(Cc1ccc(S(=O)(=O)N(C)C)cc1)C(CN)C1CC1. The molecule has 0 aliphatic heterocycles. The molecule has 0 radical (unpaired) electrons. The summed E-state index contributed by atoms with van der Waals surface area (Å²) in [6.07, 6.45) is 2.54. The van der Waals surface area contributed by atoms with Gasteiger partial charge in [-0.15, -0.1) is 0 Å². The van der Waals surface area contributed by atoms with Gasteiger partial charge in [0.15, 0.2) is 0 Å². The fraction of sp³-hybridized carbons (Fsp3) is 0.600. The standard InChI is InChI=1S/C15H25N3O2S/c1-17(2)21(19,20)14-8-4-12(5-9-14)11-18(3)15(10-16)13-6-7-13/h4-5,8-9,13,15H,6-7,10-11,16H2,1-3H3. The number of hydrogen-bond donors (Lipinski definition) is 1. The Kier molecular flexibility index (Phi) is 5.03. The molecule has 2 N–H and O–H groups in total. The molecule has 1 aliphatic rings. The van der Waals surface area contributed by atoms with Crippen LogP contribution in [0.4, 0.5) is 0 Å². The van der Waals surface area contributed by atoms with Crippen LogP contribution in [0.2, 0.25) is 0 Å². The monoisotopic (exact) mass is 311 g/mol. The Morgan fingerprint density at radius 3 is 2.19 bits per heavy atom. The van der Waals surface area contributed by atoms with E-state index < -0.39 is 10.0 Å². The van der Waals surface area contributed by atoms with Crippen LogP contribution in [0, 0.1) is 5.92 Å². The van der Waals surface area contributed by atoms with Crippen molar-refractivity contribution in [3.05, 3.63) is 29.8 Å². The lowest BCUT2D eigenvalue weighted by atomic mass is 10.1. The molecule has 2 rings (SSSR count). The van der Waals surface area contributed by atoms with E-state index >= 15 is 0 Å². The Bertz CT molecular complexity index is 565. The van der Waals surface area contributed by atoms with Gasteiger partial charge < -0.3 is 5.73 Å². The summed E-state index contributed by atoms with van der Waals surface area (Å²) in [6.45, 7) is 1.47. The van der Waals surface area contributed by atoms with Gasteiger partial charge in [0.05, 0.1) is 4.90 Å². The van der Waals surface area contributed by atoms with Crippen LogP contribution >= 0.6 is 0 Å². The minimum Gasteiger partial charge on any atom is -0.329 e. The van der Waals surface area contributed by atoms with Crippen molar-refractivity contribution in [3.63, 3.8) is 0 Å². The number of hydrogen-bond acceptors (Lipinski definition) is 4. The van der Waals surface area contributed by atoms with E-state index in [4.69, 9.17) is 5.73 Å². The normalized spacial score (nSPS) is 17.4. The Morgan fingerprint density at radius 1 is 1.19 bits per heavy atom. The van der Waals surface area contributed by atoms with Gasteiger partial charge in [0.1, 0.15) is 0 Å². The van der Waals surface area contributed by atoms with E-state index in [9.17, 15) is 8.42 Å². The van der Waals surface area contributed by atoms with Crippen LogP contribution in [-0.4, -0.2) is 51.4 Å². The number of sulfonamides is 1. The maximum atomic E-state index is 12.0. The van der Waals surface area contributed by atoms with Crippen molar-refractivity contribution >= 4 is 10.0 Å². The zero-order valence-electron chi connectivity index (χ0n) is 13.0. The van der Waals surface area contributed by atoms with E-state index in [0.29, 0.717) is 17.5 Å². The molecule has 118 valence electrons. The van der Waals surface area contributed by atoms with Crippen molar-refractivity contribution in [3.8, 4) is 0 Å². The molecule has 1 aromatic rings. The second kappa shape index (κ2) is 6.44. The van der Waals surface area contributed by atoms with Gasteiger partial charge in [0.2, 0.25) is 10.0 Å². The Labute approximate surface area is 127 Å². The first-order valence-corrected chi connectivity index (χ1v) is 8.72. The zero-order chi connectivity index (χ0) is 15.6. The topological polar surface area (TPSA) is 66.6 Å². The van der Waals surface area contributed by atoms with Crippen molar-refractivity contribution < 1.29 is 8.42 Å². The molecule has 21 heavy (non-hydrogen) atoms. The summed E-state index contributed by atoms with van der Waals surface area (Å²) in [5.74, 6) is 0.730. The van der Waals surface area contributed by atoms with Crippen molar-refractivity contribution in [2.75, 3.05) is 27.7 Å². The molecule has 1 saturated carbocycles. The van der Waals surface area contributed by atoms with Crippen LogP contribution in [0.15, 0.2) is 29.2 Å². The van der Waals surface area contributed by atoms with Gasteiger partial charge in [-0.2, -0.15) is 0 Å². The number of rotatable bonds is 7. The molecule has 6 heteroatoms. The first-order chi connectivity index (χ1) is 9.86. The Balaban J connectivity index is 2.05. The molecule has 1 aliphatic carbocycles. The molecule has 1 unspecified atom stereocenters. The lowest BCUT2D eigenvalue weighted by molar-refractivity contribution is 0.215. The van der Waals surface area contributed by atoms with E-state index in [1.165, 1.54) is 17.1 Å². The molecular weight excluding hydrogens is 286 g/mol. The fourth-order valence-electron chi connectivity index (χ4n) is 2.60.